The van der Waals surface area contributed by atoms with Gasteiger partial charge in [-0.05, 0) is 102 Å². The fraction of sp³-hybridized carbons (Fsp3) is 0.568. The molecule has 5 rings (SSSR count). The molecule has 0 aliphatic carbocycles. The molecular formula is C74H118N2O4Si4+2. The Morgan fingerprint density at radius 2 is 0.452 bits per heavy atom. The van der Waals surface area contributed by atoms with Crippen LogP contribution in [0.15, 0.2) is 109 Å². The zero-order valence-corrected chi connectivity index (χ0v) is 61.4. The molecule has 0 radical (unpaired) electrons. The number of quaternary nitrogens is 2. The Balaban J connectivity index is 1.15. The predicted octanol–water partition coefficient (Wildman–Crippen LogP) is 16.5. The molecule has 0 saturated heterocycles. The first kappa shape index (κ1) is 70.6. The molecule has 84 heavy (non-hydrogen) atoms. The van der Waals surface area contributed by atoms with E-state index in [0.717, 1.165) is 48.4 Å². The zero-order chi connectivity index (χ0) is 62.8. The van der Waals surface area contributed by atoms with Crippen molar-refractivity contribution in [3.8, 4) is 0 Å². The van der Waals surface area contributed by atoms with Crippen LogP contribution in [0, 0.1) is 0 Å². The monoisotopic (exact) mass is 1210 g/mol. The maximum absolute atomic E-state index is 14.3. The normalized spacial score (nSPS) is 13.1. The van der Waals surface area contributed by atoms with Gasteiger partial charge in [0.05, 0.1) is 43.4 Å². The van der Waals surface area contributed by atoms with Crippen molar-refractivity contribution in [2.24, 2.45) is 0 Å². The number of ether oxygens (including phenoxy) is 2. The molecule has 0 saturated carbocycles. The summed E-state index contributed by atoms with van der Waals surface area (Å²) in [6.07, 6.45) is 0. The third-order valence-electron chi connectivity index (χ3n) is 21.1. The number of hydrogen-bond acceptors (Lipinski definition) is 4. The summed E-state index contributed by atoms with van der Waals surface area (Å²) in [6, 6.07) is 40.3. The molecule has 6 nitrogen and oxygen atoms in total. The largest absolute Gasteiger partial charge is 0.457 e. The second kappa shape index (κ2) is 30.2. The smallest absolute Gasteiger partial charge is 0.338 e. The van der Waals surface area contributed by atoms with Gasteiger partial charge >= 0.3 is 11.9 Å². The molecule has 0 fully saturated rings. The van der Waals surface area contributed by atoms with Crippen molar-refractivity contribution in [3.63, 3.8) is 0 Å². The average molecular weight is 1210 g/mol. The number of nitrogens with two attached hydrogens (primary N) is 2. The van der Waals surface area contributed by atoms with E-state index >= 15 is 0 Å². The molecule has 0 heterocycles. The van der Waals surface area contributed by atoms with Crippen molar-refractivity contribution in [1.29, 1.82) is 0 Å². The number of esters is 2. The van der Waals surface area contributed by atoms with Crippen molar-refractivity contribution < 1.29 is 29.7 Å². The molecule has 462 valence electrons. The van der Waals surface area contributed by atoms with Gasteiger partial charge < -0.3 is 20.1 Å². The first-order valence-corrected chi connectivity index (χ1v) is 41.8. The Kier molecular flexibility index (Phi) is 25.3. The highest BCUT2D eigenvalue weighted by Gasteiger charge is 2.50. The number of carbonyl (C=O) groups is 2. The molecule has 0 spiro atoms. The van der Waals surface area contributed by atoms with E-state index in [2.05, 4.69) is 286 Å². The molecule has 0 unspecified atom stereocenters. The van der Waals surface area contributed by atoms with Crippen molar-refractivity contribution in [3.05, 3.63) is 154 Å². The van der Waals surface area contributed by atoms with Crippen molar-refractivity contribution in [2.45, 2.75) is 272 Å². The molecule has 10 heteroatoms. The molecule has 4 N–H and O–H groups in total. The third kappa shape index (κ3) is 14.9. The van der Waals surface area contributed by atoms with Crippen LogP contribution in [-0.4, -0.2) is 44.2 Å². The Bertz CT molecular complexity index is 2500. The van der Waals surface area contributed by atoms with Crippen molar-refractivity contribution in [1.82, 2.24) is 0 Å². The minimum absolute atomic E-state index is 0.212. The average Bonchev–Trinajstić information content (AvgIpc) is 2.77. The van der Waals surface area contributed by atoms with Gasteiger partial charge in [0.25, 0.3) is 0 Å². The second-order valence-corrected chi connectivity index (χ2v) is 52.8. The highest BCUT2D eigenvalue weighted by Crippen LogP contribution is 2.46. The van der Waals surface area contributed by atoms with Gasteiger partial charge in [0, 0.05) is 22.3 Å². The molecule has 0 bridgehead atoms. The van der Waals surface area contributed by atoms with Crippen LogP contribution in [0.4, 0.5) is 0 Å². The highest BCUT2D eigenvalue weighted by molar-refractivity contribution is 6.98. The third-order valence-corrected chi connectivity index (χ3v) is 49.2. The van der Waals surface area contributed by atoms with E-state index in [9.17, 15) is 9.59 Å². The van der Waals surface area contributed by atoms with Crippen molar-refractivity contribution in [2.75, 3.05) is 0 Å². The number of hydrogen-bond donors (Lipinski definition) is 2. The van der Waals surface area contributed by atoms with Crippen LogP contribution in [0.2, 0.25) is 66.5 Å². The summed E-state index contributed by atoms with van der Waals surface area (Å²) in [7, 11) is -8.27. The lowest BCUT2D eigenvalue weighted by Crippen LogP contribution is -2.81. The van der Waals surface area contributed by atoms with Crippen LogP contribution in [0.3, 0.4) is 0 Å². The Labute approximate surface area is 517 Å². The fourth-order valence-electron chi connectivity index (χ4n) is 18.1. The maximum atomic E-state index is 14.3. The molecule has 0 amide bonds. The van der Waals surface area contributed by atoms with E-state index < -0.39 is 32.3 Å². The first-order valence-electron chi connectivity index (χ1n) is 32.9. The molecule has 0 atom stereocenters. The second-order valence-electron chi connectivity index (χ2n) is 29.2. The van der Waals surface area contributed by atoms with E-state index in [0.29, 0.717) is 66.5 Å². The highest BCUT2D eigenvalue weighted by atomic mass is 28.3. The van der Waals surface area contributed by atoms with Crippen LogP contribution < -0.4 is 31.4 Å². The van der Waals surface area contributed by atoms with E-state index in [4.69, 9.17) is 9.47 Å². The molecule has 0 aliphatic heterocycles. The van der Waals surface area contributed by atoms with Crippen molar-refractivity contribution >= 4 is 65.0 Å². The minimum atomic E-state index is -2.07. The minimum Gasteiger partial charge on any atom is -0.457 e. The van der Waals surface area contributed by atoms with Gasteiger partial charge in [0.2, 0.25) is 0 Å². The van der Waals surface area contributed by atoms with Crippen LogP contribution in [0.5, 0.6) is 0 Å². The van der Waals surface area contributed by atoms with Crippen LogP contribution in [-0.2, 0) is 48.9 Å². The first-order chi connectivity index (χ1) is 39.4. The summed E-state index contributed by atoms with van der Waals surface area (Å²) in [4.78, 5) is 28.5. The van der Waals surface area contributed by atoms with Gasteiger partial charge in [0.15, 0.2) is 0 Å². The van der Waals surface area contributed by atoms with Gasteiger partial charge in [0.1, 0.15) is 39.4 Å². The zero-order valence-electron chi connectivity index (χ0n) is 57.4. The summed E-state index contributed by atoms with van der Waals surface area (Å²) < 4.78 is 12.4. The Hall–Kier alpha value is -4.17. The Morgan fingerprint density at radius 1 is 0.286 bits per heavy atom. The summed E-state index contributed by atoms with van der Waals surface area (Å²) >= 11 is 0. The SMILES string of the molecule is CC(C)[Si](c1cc(C(=O)OCc2ccc(C[NH2+]Cc3ccc(C[NH2+]Cc4ccc(COC(=O)c5cc([Si](C(C)C)(C(C)C)C(C)C)cc([Si](C(C)C)(C(C)C)C(C)C)c5)cc4)cc3)cc2)cc([Si](C(C)C)(C(C)C)C(C)C)c1)(C(C)C)C(C)C. The van der Waals surface area contributed by atoms with Crippen LogP contribution in [0.25, 0.3) is 0 Å². The van der Waals surface area contributed by atoms with Crippen LogP contribution >= 0.6 is 0 Å². The van der Waals surface area contributed by atoms with E-state index in [1.165, 1.54) is 43.0 Å². The van der Waals surface area contributed by atoms with Gasteiger partial charge in [-0.1, -0.05) is 272 Å². The van der Waals surface area contributed by atoms with Crippen LogP contribution in [0.1, 0.15) is 220 Å². The van der Waals surface area contributed by atoms with E-state index in [1.807, 2.05) is 0 Å². The van der Waals surface area contributed by atoms with Gasteiger partial charge in [-0.15, -0.1) is 0 Å². The number of carbonyl (C=O) groups excluding carboxylic acids is 2. The lowest BCUT2D eigenvalue weighted by molar-refractivity contribution is -0.686. The molecule has 0 aromatic heterocycles. The molecule has 0 aliphatic rings. The fourth-order valence-corrected chi connectivity index (χ4v) is 45.7. The summed E-state index contributed by atoms with van der Waals surface area (Å²) in [5.74, 6) is -0.424. The molecular weight excluding hydrogens is 1090 g/mol. The lowest BCUT2D eigenvalue weighted by Gasteiger charge is -2.47. The number of rotatable bonds is 30. The summed E-state index contributed by atoms with van der Waals surface area (Å²) in [6.45, 7) is 62.1. The van der Waals surface area contributed by atoms with Gasteiger partial charge in [-0.25, -0.2) is 9.59 Å². The maximum Gasteiger partial charge on any atom is 0.338 e. The molecule has 5 aromatic rings. The topological polar surface area (TPSA) is 85.8 Å². The van der Waals surface area contributed by atoms with Gasteiger partial charge in [-0.2, -0.15) is 0 Å². The summed E-state index contributed by atoms with van der Waals surface area (Å²) in [5.41, 5.74) is 15.0. The van der Waals surface area contributed by atoms with Gasteiger partial charge in [-0.3, -0.25) is 0 Å². The standard InChI is InChI=1S/C74H116N2O4Si4/c1-49(2)81(50(3)4,51(5)6)69-37-67(38-70(41-69)82(52(7)8,53(9)10)54(11)12)73(77)79-47-65-33-29-63(30-34-65)45-75-43-61-25-27-62(28-26-61)44-76-46-64-31-35-66(36-32-64)48-80-74(78)68-39-71(83(55(13)14,56(15)16)57(17)18)42-72(40-68)84(58(19)20,59(21)22)60(23)24/h25-42,49-60,75-76H,43-48H2,1-24H3/p+2. The number of benzene rings is 5. The quantitative estimate of drug-likeness (QED) is 0.0354. The lowest BCUT2D eigenvalue weighted by atomic mass is 10.1. The predicted molar refractivity (Wildman–Crippen MR) is 372 cm³/mol. The molecule has 5 aromatic carbocycles. The van der Waals surface area contributed by atoms with E-state index in [1.54, 1.807) is 0 Å². The van der Waals surface area contributed by atoms with E-state index in [-0.39, 0.29) is 25.2 Å². The Morgan fingerprint density at radius 3 is 0.619 bits per heavy atom. The summed E-state index contributed by atoms with van der Waals surface area (Å²) in [5, 5.41) is 10.4.